The summed E-state index contributed by atoms with van der Waals surface area (Å²) in [5.74, 6) is 0.561. The molecule has 0 saturated carbocycles. The Kier molecular flexibility index (Phi) is 6.24. The molecule has 1 heterocycles. The largest absolute Gasteiger partial charge is 0.350 e. The van der Waals surface area contributed by atoms with Crippen LogP contribution in [0.25, 0.3) is 0 Å². The first-order valence-corrected chi connectivity index (χ1v) is 9.69. The summed E-state index contributed by atoms with van der Waals surface area (Å²) in [5.41, 5.74) is 2.53. The number of hydrogen-bond donors (Lipinski definition) is 1. The van der Waals surface area contributed by atoms with Gasteiger partial charge < -0.3 is 5.32 Å². The fourth-order valence-corrected chi connectivity index (χ4v) is 3.35. The highest BCUT2D eigenvalue weighted by molar-refractivity contribution is 7.98. The third-order valence-electron chi connectivity index (χ3n) is 4.09. The van der Waals surface area contributed by atoms with E-state index < -0.39 is 0 Å². The molecule has 0 unspecified atom stereocenters. The van der Waals surface area contributed by atoms with Crippen molar-refractivity contribution in [1.82, 2.24) is 14.8 Å². The molecule has 0 amide bonds. The molecule has 5 nitrogen and oxygen atoms in total. The summed E-state index contributed by atoms with van der Waals surface area (Å²) in [6.07, 6.45) is 0. The van der Waals surface area contributed by atoms with E-state index in [9.17, 15) is 9.18 Å². The van der Waals surface area contributed by atoms with E-state index in [0.717, 1.165) is 10.5 Å². The number of hydrogen-bond acceptors (Lipinski definition) is 5. The number of aromatic nitrogens is 3. The van der Waals surface area contributed by atoms with Crippen molar-refractivity contribution >= 4 is 17.7 Å². The normalized spacial score (nSPS) is 10.8. The van der Waals surface area contributed by atoms with Crippen LogP contribution < -0.4 is 10.9 Å². The second-order valence-electron chi connectivity index (χ2n) is 6.10. The van der Waals surface area contributed by atoms with Crippen LogP contribution in [0, 0.1) is 12.7 Å². The van der Waals surface area contributed by atoms with Gasteiger partial charge in [-0.3, -0.25) is 9.36 Å². The van der Waals surface area contributed by atoms with Gasteiger partial charge in [0.1, 0.15) is 11.5 Å². The van der Waals surface area contributed by atoms with Crippen LogP contribution >= 0.6 is 11.8 Å². The van der Waals surface area contributed by atoms with Gasteiger partial charge in [-0.1, -0.05) is 29.8 Å². The molecule has 27 heavy (non-hydrogen) atoms. The molecule has 0 aliphatic carbocycles. The van der Waals surface area contributed by atoms with Crippen LogP contribution in [0.5, 0.6) is 0 Å². The SMILES string of the molecule is CCn1c(NCc2ccc(C)cc2)nnc(CSc2ccc(F)cc2)c1=O. The summed E-state index contributed by atoms with van der Waals surface area (Å²) in [5, 5.41) is 11.5. The van der Waals surface area contributed by atoms with Crippen molar-refractivity contribution in [2.24, 2.45) is 0 Å². The van der Waals surface area contributed by atoms with Crippen molar-refractivity contribution in [3.8, 4) is 0 Å². The van der Waals surface area contributed by atoms with Gasteiger partial charge in [-0.2, -0.15) is 0 Å². The molecule has 3 aromatic rings. The zero-order valence-electron chi connectivity index (χ0n) is 15.3. The van der Waals surface area contributed by atoms with Gasteiger partial charge in [0.25, 0.3) is 5.56 Å². The third-order valence-corrected chi connectivity index (χ3v) is 5.11. The van der Waals surface area contributed by atoms with Crippen LogP contribution in [0.2, 0.25) is 0 Å². The molecular weight excluding hydrogens is 363 g/mol. The molecule has 3 rings (SSSR count). The lowest BCUT2D eigenvalue weighted by Gasteiger charge is -2.12. The Hall–Kier alpha value is -2.67. The van der Waals surface area contributed by atoms with E-state index in [1.165, 1.54) is 29.5 Å². The van der Waals surface area contributed by atoms with Gasteiger partial charge in [0.05, 0.1) is 0 Å². The Labute approximate surface area is 161 Å². The molecule has 0 aliphatic rings. The highest BCUT2D eigenvalue weighted by Crippen LogP contribution is 2.21. The molecule has 2 aromatic carbocycles. The highest BCUT2D eigenvalue weighted by Gasteiger charge is 2.11. The van der Waals surface area contributed by atoms with Gasteiger partial charge in [-0.05, 0) is 43.7 Å². The Bertz CT molecular complexity index is 955. The summed E-state index contributed by atoms with van der Waals surface area (Å²) in [6.45, 7) is 5.01. The lowest BCUT2D eigenvalue weighted by Crippen LogP contribution is -2.28. The average molecular weight is 384 g/mol. The topological polar surface area (TPSA) is 59.8 Å². The summed E-state index contributed by atoms with van der Waals surface area (Å²) in [4.78, 5) is 13.6. The number of nitrogens with zero attached hydrogens (tertiary/aromatic N) is 3. The molecule has 1 aromatic heterocycles. The minimum Gasteiger partial charge on any atom is -0.350 e. The lowest BCUT2D eigenvalue weighted by atomic mass is 10.1. The van der Waals surface area contributed by atoms with E-state index in [0.29, 0.717) is 30.5 Å². The standard InChI is InChI=1S/C20H21FN4OS/c1-3-25-19(26)18(13-27-17-10-8-16(21)9-11-17)23-24-20(25)22-12-15-6-4-14(2)5-7-15/h4-11H,3,12-13H2,1-2H3,(H,22,24). The Morgan fingerprint density at radius 1 is 1.07 bits per heavy atom. The predicted octanol–water partition coefficient (Wildman–Crippen LogP) is 4.01. The maximum atomic E-state index is 13.0. The van der Waals surface area contributed by atoms with Crippen LogP contribution in [-0.2, 0) is 18.8 Å². The van der Waals surface area contributed by atoms with Crippen molar-refractivity contribution in [2.75, 3.05) is 5.32 Å². The molecule has 1 N–H and O–H groups in total. The van der Waals surface area contributed by atoms with Crippen LogP contribution in [0.1, 0.15) is 23.7 Å². The van der Waals surface area contributed by atoms with Crippen molar-refractivity contribution in [2.45, 2.75) is 37.6 Å². The van der Waals surface area contributed by atoms with Crippen LogP contribution in [-0.4, -0.2) is 14.8 Å². The highest BCUT2D eigenvalue weighted by atomic mass is 32.2. The van der Waals surface area contributed by atoms with Crippen molar-refractivity contribution in [3.05, 3.63) is 81.5 Å². The maximum absolute atomic E-state index is 13.0. The summed E-state index contributed by atoms with van der Waals surface area (Å²) >= 11 is 1.43. The molecule has 0 aliphatic heterocycles. The second kappa shape index (κ2) is 8.81. The van der Waals surface area contributed by atoms with Gasteiger partial charge in [0.15, 0.2) is 0 Å². The Balaban J connectivity index is 1.71. The summed E-state index contributed by atoms with van der Waals surface area (Å²) < 4.78 is 14.6. The molecule has 140 valence electrons. The monoisotopic (exact) mass is 384 g/mol. The molecule has 0 atom stereocenters. The van der Waals surface area contributed by atoms with Gasteiger partial charge in [-0.15, -0.1) is 22.0 Å². The molecular formula is C20H21FN4OS. The first-order valence-electron chi connectivity index (χ1n) is 8.71. The number of anilines is 1. The summed E-state index contributed by atoms with van der Waals surface area (Å²) in [7, 11) is 0. The quantitative estimate of drug-likeness (QED) is 0.624. The van der Waals surface area contributed by atoms with E-state index in [1.807, 2.05) is 38.1 Å². The third kappa shape index (κ3) is 4.95. The number of halogens is 1. The molecule has 0 saturated heterocycles. The van der Waals surface area contributed by atoms with E-state index in [2.05, 4.69) is 15.5 Å². The smallest absolute Gasteiger partial charge is 0.277 e. The van der Waals surface area contributed by atoms with E-state index in [4.69, 9.17) is 0 Å². The minimum atomic E-state index is -0.281. The van der Waals surface area contributed by atoms with Crippen molar-refractivity contribution in [3.63, 3.8) is 0 Å². The van der Waals surface area contributed by atoms with Gasteiger partial charge in [-0.25, -0.2) is 4.39 Å². The fourth-order valence-electron chi connectivity index (χ4n) is 2.54. The minimum absolute atomic E-state index is 0.159. The number of thioether (sulfide) groups is 1. The molecule has 0 radical (unpaired) electrons. The number of benzene rings is 2. The zero-order chi connectivity index (χ0) is 19.2. The molecule has 0 bridgehead atoms. The van der Waals surface area contributed by atoms with Crippen molar-refractivity contribution < 1.29 is 4.39 Å². The molecule has 0 fully saturated rings. The van der Waals surface area contributed by atoms with Crippen LogP contribution in [0.15, 0.2) is 58.2 Å². The van der Waals surface area contributed by atoms with E-state index in [-0.39, 0.29) is 11.4 Å². The van der Waals surface area contributed by atoms with Gasteiger partial charge in [0, 0.05) is 23.7 Å². The number of aryl methyl sites for hydroxylation is 1. The second-order valence-corrected chi connectivity index (χ2v) is 7.15. The summed E-state index contributed by atoms with van der Waals surface area (Å²) in [6, 6.07) is 14.3. The maximum Gasteiger partial charge on any atom is 0.277 e. The van der Waals surface area contributed by atoms with Crippen molar-refractivity contribution in [1.29, 1.82) is 0 Å². The van der Waals surface area contributed by atoms with Crippen LogP contribution in [0.4, 0.5) is 10.3 Å². The fraction of sp³-hybridized carbons (Fsp3) is 0.250. The van der Waals surface area contributed by atoms with Gasteiger partial charge in [0.2, 0.25) is 5.95 Å². The molecule has 7 heteroatoms. The predicted molar refractivity (Wildman–Crippen MR) is 106 cm³/mol. The van der Waals surface area contributed by atoms with E-state index in [1.54, 1.807) is 16.7 Å². The first kappa shape index (κ1) is 19.1. The Morgan fingerprint density at radius 2 is 1.78 bits per heavy atom. The average Bonchev–Trinajstić information content (AvgIpc) is 2.68. The zero-order valence-corrected chi connectivity index (χ0v) is 16.1. The molecule has 0 spiro atoms. The van der Waals surface area contributed by atoms with Crippen LogP contribution in [0.3, 0.4) is 0 Å². The lowest BCUT2D eigenvalue weighted by molar-refractivity contribution is 0.626. The van der Waals surface area contributed by atoms with E-state index >= 15 is 0 Å². The number of rotatable bonds is 7. The first-order chi connectivity index (χ1) is 13.1. The van der Waals surface area contributed by atoms with Gasteiger partial charge >= 0.3 is 0 Å². The Morgan fingerprint density at radius 3 is 2.44 bits per heavy atom. The number of nitrogens with one attached hydrogen (secondary N) is 1.